The Morgan fingerprint density at radius 1 is 1.32 bits per heavy atom. The number of sulfone groups is 1. The lowest BCUT2D eigenvalue weighted by Crippen LogP contribution is -2.19. The van der Waals surface area contributed by atoms with Gasteiger partial charge in [-0.3, -0.25) is 9.78 Å². The van der Waals surface area contributed by atoms with E-state index in [1.807, 2.05) is 0 Å². The zero-order valence-electron chi connectivity index (χ0n) is 15.5. The van der Waals surface area contributed by atoms with E-state index in [1.165, 1.54) is 32.0 Å². The smallest absolute Gasteiger partial charge is 0.252 e. The summed E-state index contributed by atoms with van der Waals surface area (Å²) in [4.78, 5) is 18.7. The standard InChI is InChI=1S/C18H22ClN3O5S/c1-10(2)28(25,26)17-12(19)3-4-13(16(17)24)20-18-21-14(9-15(23)22-18)11-5-7-27-8-6-11/h3-4,9-11,24H,5-8H2,1-2H3,(H2,20,21,22,23). The van der Waals surface area contributed by atoms with E-state index < -0.39 is 20.8 Å². The molecule has 1 aliphatic rings. The fourth-order valence-electron chi connectivity index (χ4n) is 3.02. The minimum atomic E-state index is -3.81. The molecule has 0 aliphatic carbocycles. The van der Waals surface area contributed by atoms with E-state index in [0.29, 0.717) is 18.9 Å². The van der Waals surface area contributed by atoms with Crippen LogP contribution in [-0.4, -0.2) is 42.0 Å². The predicted molar refractivity (Wildman–Crippen MR) is 106 cm³/mol. The van der Waals surface area contributed by atoms with E-state index in [0.717, 1.165) is 12.8 Å². The Morgan fingerprint density at radius 2 is 2.00 bits per heavy atom. The first kappa shape index (κ1) is 20.6. The van der Waals surface area contributed by atoms with Gasteiger partial charge in [0.25, 0.3) is 5.56 Å². The van der Waals surface area contributed by atoms with Crippen LogP contribution in [0.2, 0.25) is 5.02 Å². The van der Waals surface area contributed by atoms with Gasteiger partial charge in [0.1, 0.15) is 4.90 Å². The van der Waals surface area contributed by atoms with Crippen LogP contribution >= 0.6 is 11.6 Å². The van der Waals surface area contributed by atoms with Gasteiger partial charge in [-0.2, -0.15) is 0 Å². The Bertz CT molecular complexity index is 1030. The van der Waals surface area contributed by atoms with Gasteiger partial charge < -0.3 is 15.2 Å². The van der Waals surface area contributed by atoms with Crippen molar-refractivity contribution >= 4 is 33.1 Å². The number of aromatic hydroxyl groups is 1. The number of nitrogens with one attached hydrogen (secondary N) is 2. The summed E-state index contributed by atoms with van der Waals surface area (Å²) >= 11 is 6.03. The van der Waals surface area contributed by atoms with Crippen LogP contribution in [0.15, 0.2) is 27.9 Å². The van der Waals surface area contributed by atoms with Crippen molar-refractivity contribution in [1.29, 1.82) is 0 Å². The number of hydrogen-bond donors (Lipinski definition) is 3. The van der Waals surface area contributed by atoms with E-state index in [4.69, 9.17) is 16.3 Å². The molecular formula is C18H22ClN3O5S. The Labute approximate surface area is 167 Å². The monoisotopic (exact) mass is 427 g/mol. The Morgan fingerprint density at radius 3 is 2.64 bits per heavy atom. The van der Waals surface area contributed by atoms with Crippen LogP contribution in [0.25, 0.3) is 0 Å². The minimum Gasteiger partial charge on any atom is -0.504 e. The average Bonchev–Trinajstić information content (AvgIpc) is 2.64. The Kier molecular flexibility index (Phi) is 5.97. The minimum absolute atomic E-state index is 0.0749. The molecule has 2 heterocycles. The van der Waals surface area contributed by atoms with Crippen molar-refractivity contribution in [1.82, 2.24) is 9.97 Å². The van der Waals surface area contributed by atoms with Crippen molar-refractivity contribution in [3.8, 4) is 5.75 Å². The number of aromatic amines is 1. The number of phenols is 1. The van der Waals surface area contributed by atoms with E-state index in [1.54, 1.807) is 0 Å². The molecule has 0 saturated carbocycles. The molecule has 1 aliphatic heterocycles. The van der Waals surface area contributed by atoms with E-state index in [-0.39, 0.29) is 33.0 Å². The average molecular weight is 428 g/mol. The number of nitrogens with zero attached hydrogens (tertiary/aromatic N) is 1. The SMILES string of the molecule is CC(C)S(=O)(=O)c1c(Cl)ccc(Nc2nc(C3CCOCC3)cc(=O)[nH]2)c1O. The molecule has 28 heavy (non-hydrogen) atoms. The van der Waals surface area contributed by atoms with Crippen molar-refractivity contribution in [2.75, 3.05) is 18.5 Å². The summed E-state index contributed by atoms with van der Waals surface area (Å²) in [6, 6.07) is 4.25. The highest BCUT2D eigenvalue weighted by atomic mass is 35.5. The zero-order valence-corrected chi connectivity index (χ0v) is 17.1. The quantitative estimate of drug-likeness (QED) is 0.627. The second-order valence-corrected chi connectivity index (χ2v) is 9.75. The number of hydrogen-bond acceptors (Lipinski definition) is 7. The molecule has 1 saturated heterocycles. The van der Waals surface area contributed by atoms with Crippen LogP contribution in [0.1, 0.15) is 38.3 Å². The number of ether oxygens (including phenoxy) is 1. The maximum Gasteiger partial charge on any atom is 0.252 e. The molecule has 0 amide bonds. The molecule has 152 valence electrons. The maximum atomic E-state index is 12.5. The highest BCUT2D eigenvalue weighted by molar-refractivity contribution is 7.92. The van der Waals surface area contributed by atoms with Gasteiger partial charge >= 0.3 is 0 Å². The molecule has 3 rings (SSSR count). The lowest BCUT2D eigenvalue weighted by atomic mass is 9.96. The van der Waals surface area contributed by atoms with Gasteiger partial charge in [-0.25, -0.2) is 13.4 Å². The molecule has 0 atom stereocenters. The van der Waals surface area contributed by atoms with E-state index >= 15 is 0 Å². The Hall–Kier alpha value is -2.10. The van der Waals surface area contributed by atoms with Crippen LogP contribution in [0.3, 0.4) is 0 Å². The third kappa shape index (κ3) is 4.16. The molecule has 1 aromatic heterocycles. The second kappa shape index (κ2) is 8.10. The van der Waals surface area contributed by atoms with Gasteiger partial charge in [0, 0.05) is 25.2 Å². The molecule has 0 spiro atoms. The van der Waals surface area contributed by atoms with Crippen molar-refractivity contribution in [3.05, 3.63) is 39.3 Å². The molecule has 8 nitrogen and oxygen atoms in total. The first-order valence-corrected chi connectivity index (χ1v) is 10.8. The Balaban J connectivity index is 1.99. The number of phenolic OH excluding ortho intramolecular Hbond substituents is 1. The first-order valence-electron chi connectivity index (χ1n) is 8.91. The molecule has 3 N–H and O–H groups in total. The zero-order chi connectivity index (χ0) is 20.5. The fourth-order valence-corrected chi connectivity index (χ4v) is 4.69. The van der Waals surface area contributed by atoms with Gasteiger partial charge in [-0.15, -0.1) is 0 Å². The first-order chi connectivity index (χ1) is 13.2. The lowest BCUT2D eigenvalue weighted by Gasteiger charge is -2.21. The van der Waals surface area contributed by atoms with Crippen LogP contribution in [0, 0.1) is 0 Å². The van der Waals surface area contributed by atoms with Gasteiger partial charge in [0.15, 0.2) is 15.6 Å². The van der Waals surface area contributed by atoms with Crippen LogP contribution in [0.5, 0.6) is 5.75 Å². The predicted octanol–water partition coefficient (Wildman–Crippen LogP) is 2.95. The summed E-state index contributed by atoms with van der Waals surface area (Å²) in [5.74, 6) is -0.299. The van der Waals surface area contributed by atoms with Crippen LogP contribution in [-0.2, 0) is 14.6 Å². The summed E-state index contributed by atoms with van der Waals surface area (Å²) in [5.41, 5.74) is 0.358. The van der Waals surface area contributed by atoms with Crippen molar-refractivity contribution in [3.63, 3.8) is 0 Å². The number of aromatic nitrogens is 2. The molecular weight excluding hydrogens is 406 g/mol. The molecule has 0 radical (unpaired) electrons. The van der Waals surface area contributed by atoms with Crippen LogP contribution < -0.4 is 10.9 Å². The second-order valence-electron chi connectivity index (χ2n) is 6.90. The summed E-state index contributed by atoms with van der Waals surface area (Å²) in [6.07, 6.45) is 1.53. The number of rotatable bonds is 5. The maximum absolute atomic E-state index is 12.5. The fraction of sp³-hybridized carbons (Fsp3) is 0.444. The largest absolute Gasteiger partial charge is 0.504 e. The third-order valence-corrected chi connectivity index (χ3v) is 7.29. The normalized spacial score (nSPS) is 15.7. The highest BCUT2D eigenvalue weighted by Crippen LogP contribution is 2.39. The number of H-pyrrole nitrogens is 1. The lowest BCUT2D eigenvalue weighted by molar-refractivity contribution is 0.0845. The van der Waals surface area contributed by atoms with Crippen molar-refractivity contribution in [2.24, 2.45) is 0 Å². The van der Waals surface area contributed by atoms with Gasteiger partial charge in [-0.05, 0) is 38.8 Å². The summed E-state index contributed by atoms with van der Waals surface area (Å²) in [7, 11) is -3.81. The van der Waals surface area contributed by atoms with Gasteiger partial charge in [-0.1, -0.05) is 11.6 Å². The van der Waals surface area contributed by atoms with E-state index in [9.17, 15) is 18.3 Å². The molecule has 10 heteroatoms. The number of anilines is 2. The third-order valence-electron chi connectivity index (χ3n) is 4.64. The van der Waals surface area contributed by atoms with Crippen molar-refractivity contribution < 1.29 is 18.3 Å². The highest BCUT2D eigenvalue weighted by Gasteiger charge is 2.28. The summed E-state index contributed by atoms with van der Waals surface area (Å²) in [5, 5.41) is 12.5. The van der Waals surface area contributed by atoms with E-state index in [2.05, 4.69) is 15.3 Å². The topological polar surface area (TPSA) is 121 Å². The van der Waals surface area contributed by atoms with Crippen LogP contribution in [0.4, 0.5) is 11.6 Å². The van der Waals surface area contributed by atoms with Crippen molar-refractivity contribution in [2.45, 2.75) is 42.8 Å². The van der Waals surface area contributed by atoms with Gasteiger partial charge in [0.2, 0.25) is 5.95 Å². The molecule has 2 aromatic rings. The summed E-state index contributed by atoms with van der Waals surface area (Å²) in [6.45, 7) is 4.22. The molecule has 1 fully saturated rings. The number of halogens is 1. The number of benzene rings is 1. The van der Waals surface area contributed by atoms with Gasteiger partial charge in [0.05, 0.1) is 21.7 Å². The summed E-state index contributed by atoms with van der Waals surface area (Å²) < 4.78 is 30.4. The molecule has 1 aromatic carbocycles. The molecule has 0 unspecified atom stereocenters. The molecule has 0 bridgehead atoms.